The number of hydrogen-bond acceptors (Lipinski definition) is 4. The van der Waals surface area contributed by atoms with Crippen LogP contribution in [0, 0.1) is 0 Å². The van der Waals surface area contributed by atoms with E-state index in [0.717, 1.165) is 5.56 Å². The molecule has 0 spiro atoms. The van der Waals surface area contributed by atoms with Crippen LogP contribution in [0.5, 0.6) is 5.75 Å². The molecule has 2 aromatic rings. The van der Waals surface area contributed by atoms with Crippen molar-refractivity contribution in [1.82, 2.24) is 0 Å². The lowest BCUT2D eigenvalue weighted by atomic mass is 9.94. The molecule has 150 valence electrons. The van der Waals surface area contributed by atoms with Gasteiger partial charge in [-0.2, -0.15) is 0 Å². The summed E-state index contributed by atoms with van der Waals surface area (Å²) in [5.41, 5.74) is 0.981. The minimum Gasteiger partial charge on any atom is -0.497 e. The van der Waals surface area contributed by atoms with Crippen molar-refractivity contribution in [3.63, 3.8) is 0 Å². The molecule has 0 aliphatic rings. The summed E-state index contributed by atoms with van der Waals surface area (Å²) in [4.78, 5) is 14.2. The smallest absolute Gasteiger partial charge is 0.418 e. The molecule has 0 aliphatic carbocycles. The number of aliphatic hydroxyl groups excluding tert-OH is 1. The standard InChI is InChI=1S/C23H29NO4/c1-17(25)21(18-9-7-6-8-10-18)15-16-24(22(26)28-23(2,3)4)19-11-13-20(27-5)14-12-19/h6-17,21,25H,1-5H3/b16-15+/t17-,21+/m1/s1. The quantitative estimate of drug-likeness (QED) is 0.753. The van der Waals surface area contributed by atoms with E-state index in [0.29, 0.717) is 11.4 Å². The SMILES string of the molecule is COc1ccc(N(/C=C/[C@H](c2ccccc2)[C@@H](C)O)C(=O)OC(C)(C)C)cc1. The Kier molecular flexibility index (Phi) is 7.24. The van der Waals surface area contributed by atoms with Gasteiger partial charge in [0, 0.05) is 12.1 Å². The van der Waals surface area contributed by atoms with Gasteiger partial charge in [-0.1, -0.05) is 36.4 Å². The van der Waals surface area contributed by atoms with Crippen molar-refractivity contribution in [2.24, 2.45) is 0 Å². The first kappa shape index (κ1) is 21.5. The molecular weight excluding hydrogens is 354 g/mol. The number of amides is 1. The number of methoxy groups -OCH3 is 1. The third kappa shape index (κ3) is 6.13. The number of anilines is 1. The summed E-state index contributed by atoms with van der Waals surface area (Å²) in [6.07, 6.45) is 2.36. The molecule has 1 N–H and O–H groups in total. The Labute approximate surface area is 167 Å². The van der Waals surface area contributed by atoms with Crippen LogP contribution < -0.4 is 9.64 Å². The molecule has 0 unspecified atom stereocenters. The maximum Gasteiger partial charge on any atom is 0.418 e. The average molecular weight is 383 g/mol. The number of carbonyl (C=O) groups is 1. The Morgan fingerprint density at radius 3 is 2.18 bits per heavy atom. The molecule has 0 fully saturated rings. The van der Waals surface area contributed by atoms with Crippen LogP contribution in [0.2, 0.25) is 0 Å². The van der Waals surface area contributed by atoms with Gasteiger partial charge in [0.2, 0.25) is 0 Å². The van der Waals surface area contributed by atoms with Gasteiger partial charge in [0.1, 0.15) is 11.4 Å². The van der Waals surface area contributed by atoms with Gasteiger partial charge in [-0.05, 0) is 57.5 Å². The maximum atomic E-state index is 12.8. The van der Waals surface area contributed by atoms with E-state index in [1.807, 2.05) is 57.2 Å². The largest absolute Gasteiger partial charge is 0.497 e. The monoisotopic (exact) mass is 383 g/mol. The molecule has 0 heterocycles. The van der Waals surface area contributed by atoms with Crippen molar-refractivity contribution in [3.05, 3.63) is 72.4 Å². The molecule has 0 aliphatic heterocycles. The number of hydrogen-bond donors (Lipinski definition) is 1. The summed E-state index contributed by atoms with van der Waals surface area (Å²) in [6.45, 7) is 7.20. The van der Waals surface area contributed by atoms with Gasteiger partial charge >= 0.3 is 6.09 Å². The van der Waals surface area contributed by atoms with E-state index in [9.17, 15) is 9.90 Å². The van der Waals surface area contributed by atoms with E-state index in [-0.39, 0.29) is 5.92 Å². The second kappa shape index (κ2) is 9.42. The molecule has 0 radical (unpaired) electrons. The van der Waals surface area contributed by atoms with Crippen molar-refractivity contribution >= 4 is 11.8 Å². The fourth-order valence-corrected chi connectivity index (χ4v) is 2.71. The van der Waals surface area contributed by atoms with Crippen LogP contribution in [0.25, 0.3) is 0 Å². The summed E-state index contributed by atoms with van der Waals surface area (Å²) in [7, 11) is 1.59. The third-order valence-corrected chi connectivity index (χ3v) is 4.09. The Balaban J connectivity index is 2.36. The van der Waals surface area contributed by atoms with Crippen molar-refractivity contribution in [2.45, 2.75) is 45.3 Å². The molecular formula is C23H29NO4. The number of aliphatic hydroxyl groups is 1. The van der Waals surface area contributed by atoms with Crippen LogP contribution in [0.3, 0.4) is 0 Å². The molecule has 5 nitrogen and oxygen atoms in total. The molecule has 0 bridgehead atoms. The van der Waals surface area contributed by atoms with Crippen molar-refractivity contribution in [3.8, 4) is 5.75 Å². The maximum absolute atomic E-state index is 12.8. The average Bonchev–Trinajstić information content (AvgIpc) is 2.64. The summed E-state index contributed by atoms with van der Waals surface area (Å²) in [6, 6.07) is 16.8. The Hall–Kier alpha value is -2.79. The topological polar surface area (TPSA) is 59.0 Å². The van der Waals surface area contributed by atoms with Crippen LogP contribution in [-0.2, 0) is 4.74 Å². The number of benzene rings is 2. The normalized spacial score (nSPS) is 13.8. The first-order valence-corrected chi connectivity index (χ1v) is 9.29. The molecule has 2 rings (SSSR count). The van der Waals surface area contributed by atoms with Gasteiger partial charge < -0.3 is 14.6 Å². The molecule has 2 aromatic carbocycles. The number of nitrogens with zero attached hydrogens (tertiary/aromatic N) is 1. The second-order valence-electron chi connectivity index (χ2n) is 7.57. The predicted molar refractivity (Wildman–Crippen MR) is 112 cm³/mol. The van der Waals surface area contributed by atoms with Crippen LogP contribution in [0.15, 0.2) is 66.9 Å². The van der Waals surface area contributed by atoms with E-state index in [4.69, 9.17) is 9.47 Å². The lowest BCUT2D eigenvalue weighted by Gasteiger charge is -2.26. The highest BCUT2D eigenvalue weighted by Crippen LogP contribution is 2.25. The van der Waals surface area contributed by atoms with E-state index in [1.165, 1.54) is 4.90 Å². The molecule has 0 saturated carbocycles. The summed E-state index contributed by atoms with van der Waals surface area (Å²) in [5.74, 6) is 0.437. The highest BCUT2D eigenvalue weighted by Gasteiger charge is 2.23. The Bertz CT molecular complexity index is 776. The van der Waals surface area contributed by atoms with E-state index < -0.39 is 17.8 Å². The minimum atomic E-state index is -0.626. The fourth-order valence-electron chi connectivity index (χ4n) is 2.71. The highest BCUT2D eigenvalue weighted by molar-refractivity contribution is 5.90. The molecule has 5 heteroatoms. The molecule has 0 aromatic heterocycles. The zero-order valence-corrected chi connectivity index (χ0v) is 17.1. The molecule has 28 heavy (non-hydrogen) atoms. The van der Waals surface area contributed by atoms with Crippen LogP contribution >= 0.6 is 0 Å². The summed E-state index contributed by atoms with van der Waals surface area (Å²) < 4.78 is 10.7. The first-order chi connectivity index (χ1) is 13.2. The molecule has 1 amide bonds. The number of carbonyl (C=O) groups excluding carboxylic acids is 1. The number of rotatable bonds is 6. The zero-order chi connectivity index (χ0) is 20.7. The van der Waals surface area contributed by atoms with Crippen molar-refractivity contribution < 1.29 is 19.4 Å². The fraction of sp³-hybridized carbons (Fsp3) is 0.348. The summed E-state index contributed by atoms with van der Waals surface area (Å²) in [5, 5.41) is 10.2. The summed E-state index contributed by atoms with van der Waals surface area (Å²) >= 11 is 0. The lowest BCUT2D eigenvalue weighted by molar-refractivity contribution is 0.0596. The van der Waals surface area contributed by atoms with Crippen LogP contribution in [0.4, 0.5) is 10.5 Å². The van der Waals surface area contributed by atoms with E-state index in [2.05, 4.69) is 0 Å². The Morgan fingerprint density at radius 2 is 1.68 bits per heavy atom. The van der Waals surface area contributed by atoms with Gasteiger partial charge in [0.05, 0.1) is 18.9 Å². The lowest BCUT2D eigenvalue weighted by Crippen LogP contribution is -2.33. The third-order valence-electron chi connectivity index (χ3n) is 4.09. The first-order valence-electron chi connectivity index (χ1n) is 9.29. The predicted octanol–water partition coefficient (Wildman–Crippen LogP) is 5.12. The minimum absolute atomic E-state index is 0.260. The van der Waals surface area contributed by atoms with Crippen molar-refractivity contribution in [1.29, 1.82) is 0 Å². The molecule has 2 atom stereocenters. The van der Waals surface area contributed by atoms with Crippen LogP contribution in [0.1, 0.15) is 39.2 Å². The second-order valence-corrected chi connectivity index (χ2v) is 7.57. The zero-order valence-electron chi connectivity index (χ0n) is 17.1. The van der Waals surface area contributed by atoms with Gasteiger partial charge in [0.25, 0.3) is 0 Å². The highest BCUT2D eigenvalue weighted by atomic mass is 16.6. The van der Waals surface area contributed by atoms with Crippen LogP contribution in [-0.4, -0.2) is 30.0 Å². The van der Waals surface area contributed by atoms with Gasteiger partial charge in [0.15, 0.2) is 0 Å². The van der Waals surface area contributed by atoms with E-state index >= 15 is 0 Å². The van der Waals surface area contributed by atoms with Gasteiger partial charge in [-0.3, -0.25) is 4.90 Å². The van der Waals surface area contributed by atoms with Crippen molar-refractivity contribution in [2.75, 3.05) is 12.0 Å². The van der Waals surface area contributed by atoms with E-state index in [1.54, 1.807) is 44.5 Å². The number of ether oxygens (including phenoxy) is 2. The van der Waals surface area contributed by atoms with Gasteiger partial charge in [-0.25, -0.2) is 4.79 Å². The van der Waals surface area contributed by atoms with Gasteiger partial charge in [-0.15, -0.1) is 0 Å². The molecule has 0 saturated heterocycles. The Morgan fingerprint density at radius 1 is 1.07 bits per heavy atom.